The average molecular weight is 931 g/mol. The summed E-state index contributed by atoms with van der Waals surface area (Å²) in [4.78, 5) is 65.9. The molecule has 4 aromatic rings. The number of aromatic hydroxyl groups is 1. The number of piperidine rings is 1. The van der Waals surface area contributed by atoms with Crippen LogP contribution in [0.3, 0.4) is 0 Å². The van der Waals surface area contributed by atoms with Gasteiger partial charge in [-0.15, -0.1) is 0 Å². The fourth-order valence-corrected chi connectivity index (χ4v) is 11.6. The van der Waals surface area contributed by atoms with Crippen LogP contribution in [0.15, 0.2) is 54.7 Å². The number of cyclic esters (lactones) is 1. The fraction of sp³-hybridized carbons (Fsp3) is 0.566. The molecule has 4 fully saturated rings. The van der Waals surface area contributed by atoms with Gasteiger partial charge in [0.05, 0.1) is 36.2 Å². The SMILES string of the molecule is CCn1c(-c2cccnc2[C@H](C)OC)c2c3cc(ccc31)-c1cc(O)cc(c1)C[C@H](NC(=O)C(C(C)C)N1CC[C@]3(CCCN(C(=O)[C@@H]4CN4)C3)C1)C(=O)N1CCC[C@H](N1)C(=O)OCC(C)(C)C2. The Morgan fingerprint density at radius 2 is 1.82 bits per heavy atom. The Morgan fingerprint density at radius 3 is 2.57 bits per heavy atom. The van der Waals surface area contributed by atoms with Gasteiger partial charge in [0.2, 0.25) is 11.8 Å². The van der Waals surface area contributed by atoms with Crippen molar-refractivity contribution in [1.82, 2.24) is 40.4 Å². The number of ether oxygens (including phenoxy) is 2. The molecule has 9 rings (SSSR count). The Morgan fingerprint density at radius 1 is 1.01 bits per heavy atom. The van der Waals surface area contributed by atoms with E-state index < -0.39 is 29.5 Å². The van der Waals surface area contributed by atoms with E-state index in [0.29, 0.717) is 57.5 Å². The smallest absolute Gasteiger partial charge is 0.324 e. The van der Waals surface area contributed by atoms with Gasteiger partial charge in [0.1, 0.15) is 17.8 Å². The van der Waals surface area contributed by atoms with Gasteiger partial charge < -0.3 is 34.7 Å². The third-order valence-electron chi connectivity index (χ3n) is 15.1. The number of fused-ring (bicyclic) bond motifs is 6. The van der Waals surface area contributed by atoms with E-state index in [0.717, 1.165) is 76.9 Å². The van der Waals surface area contributed by atoms with Crippen LogP contribution < -0.4 is 16.1 Å². The number of rotatable bonds is 9. The van der Waals surface area contributed by atoms with Gasteiger partial charge in [-0.2, -0.15) is 0 Å². The highest BCUT2D eigenvalue weighted by atomic mass is 16.5. The molecule has 0 saturated carbocycles. The van der Waals surface area contributed by atoms with Crippen LogP contribution in [0.5, 0.6) is 5.75 Å². The van der Waals surface area contributed by atoms with Crippen LogP contribution in [0.25, 0.3) is 33.3 Å². The highest BCUT2D eigenvalue weighted by molar-refractivity contribution is 5.96. The number of aromatic nitrogens is 2. The zero-order valence-electron chi connectivity index (χ0n) is 40.9. The largest absolute Gasteiger partial charge is 0.508 e. The highest BCUT2D eigenvalue weighted by Gasteiger charge is 2.48. The quantitative estimate of drug-likeness (QED) is 0.118. The number of carbonyl (C=O) groups is 4. The number of aryl methyl sites for hydroxylation is 1. The number of nitrogens with zero attached hydrogens (tertiary/aromatic N) is 5. The van der Waals surface area contributed by atoms with Crippen molar-refractivity contribution in [2.75, 3.05) is 53.0 Å². The Hall–Kier alpha value is -5.35. The van der Waals surface area contributed by atoms with Crippen LogP contribution in [-0.2, 0) is 48.0 Å². The molecule has 68 heavy (non-hydrogen) atoms. The number of hydrogen-bond acceptors (Lipinski definition) is 11. The van der Waals surface area contributed by atoms with Crippen LogP contribution in [-0.4, -0.2) is 130 Å². The standard InChI is InChI=1S/C53H70N8O7/c1-8-60-44-15-14-35-26-39(44)40(47(60)38-12-9-18-54-45(38)33(4)67-7)27-52(5,6)31-68-51(66)41-13-10-20-61(57-41)50(65)42(24-34-22-36(35)25-37(62)23-34)56-48(63)46(32(2)3)58-21-17-53(29-58)16-11-19-59(30-53)49(64)43-28-55-43/h9,12,14-15,18,22-23,25-26,32-33,41-43,46,55,57,62H,8,10-11,13,16-17,19-21,24,27-31H2,1-7H3,(H,56,63)/t33-,41-,42-,43-,46?,53+/m0/s1. The molecule has 2 aromatic carbocycles. The van der Waals surface area contributed by atoms with Crippen LogP contribution in [0, 0.1) is 16.7 Å². The van der Waals surface area contributed by atoms with Gasteiger partial charge in [-0.05, 0) is 123 Å². The first-order valence-electron chi connectivity index (χ1n) is 24.8. The van der Waals surface area contributed by atoms with Crippen LogP contribution in [0.2, 0.25) is 0 Å². The molecule has 6 atom stereocenters. The highest BCUT2D eigenvalue weighted by Crippen LogP contribution is 2.43. The van der Waals surface area contributed by atoms with Gasteiger partial charge in [0, 0.05) is 86.3 Å². The number of hydrazine groups is 1. The van der Waals surface area contributed by atoms with E-state index >= 15 is 0 Å². The van der Waals surface area contributed by atoms with Gasteiger partial charge in [-0.25, -0.2) is 5.43 Å². The van der Waals surface area contributed by atoms with E-state index in [-0.39, 0.29) is 60.0 Å². The molecular formula is C53H70N8O7. The van der Waals surface area contributed by atoms with Gasteiger partial charge in [-0.3, -0.25) is 34.1 Å². The van der Waals surface area contributed by atoms with E-state index in [4.69, 9.17) is 14.5 Å². The topological polar surface area (TPSA) is 181 Å². The minimum absolute atomic E-state index is 0.0464. The molecule has 2 aromatic heterocycles. The lowest BCUT2D eigenvalue weighted by molar-refractivity contribution is -0.155. The number of carbonyl (C=O) groups excluding carboxylic acids is 4. The summed E-state index contributed by atoms with van der Waals surface area (Å²) in [5.74, 6) is -0.898. The number of nitrogens with one attached hydrogen (secondary N) is 3. The predicted molar refractivity (Wildman–Crippen MR) is 260 cm³/mol. The second-order valence-corrected chi connectivity index (χ2v) is 21.3. The van der Waals surface area contributed by atoms with E-state index in [2.05, 4.69) is 70.6 Å². The molecule has 5 aliphatic rings. The van der Waals surface area contributed by atoms with Gasteiger partial charge in [0.25, 0.3) is 5.91 Å². The Labute approximate surface area is 400 Å². The Balaban J connectivity index is 1.09. The maximum atomic E-state index is 14.9. The number of hydrogen-bond donors (Lipinski definition) is 4. The van der Waals surface area contributed by atoms with Crippen LogP contribution in [0.4, 0.5) is 0 Å². The Kier molecular flexibility index (Phi) is 13.5. The lowest BCUT2D eigenvalue weighted by Crippen LogP contribution is -2.62. The van der Waals surface area contributed by atoms with Crippen molar-refractivity contribution in [2.24, 2.45) is 16.7 Å². The van der Waals surface area contributed by atoms with Crippen molar-refractivity contribution >= 4 is 34.6 Å². The van der Waals surface area contributed by atoms with Crippen molar-refractivity contribution in [2.45, 2.75) is 123 Å². The first kappa shape index (κ1) is 47.7. The van der Waals surface area contributed by atoms with Gasteiger partial charge in [0.15, 0.2) is 0 Å². The fourth-order valence-electron chi connectivity index (χ4n) is 11.6. The second-order valence-electron chi connectivity index (χ2n) is 21.3. The molecule has 364 valence electrons. The maximum absolute atomic E-state index is 14.9. The molecule has 5 aliphatic heterocycles. The van der Waals surface area contributed by atoms with E-state index in [1.54, 1.807) is 25.4 Å². The Bertz CT molecular complexity index is 2570. The summed E-state index contributed by atoms with van der Waals surface area (Å²) in [5, 5.41) is 20.3. The van der Waals surface area contributed by atoms with Crippen molar-refractivity contribution in [3.05, 3.63) is 71.5 Å². The van der Waals surface area contributed by atoms with Crippen LogP contribution >= 0.6 is 0 Å². The number of likely N-dealkylation sites (tertiary alicyclic amines) is 2. The van der Waals surface area contributed by atoms with Crippen LogP contribution in [0.1, 0.15) is 96.6 Å². The summed E-state index contributed by atoms with van der Waals surface area (Å²) < 4.78 is 14.3. The normalized spacial score (nSPS) is 25.3. The summed E-state index contributed by atoms with van der Waals surface area (Å²) >= 11 is 0. The van der Waals surface area contributed by atoms with Crippen molar-refractivity contribution in [3.8, 4) is 28.1 Å². The second kappa shape index (κ2) is 19.2. The third kappa shape index (κ3) is 9.64. The van der Waals surface area contributed by atoms with E-state index in [1.807, 2.05) is 37.8 Å². The third-order valence-corrected chi connectivity index (χ3v) is 15.1. The molecule has 4 saturated heterocycles. The molecular weight excluding hydrogens is 861 g/mol. The number of methoxy groups -OCH3 is 1. The summed E-state index contributed by atoms with van der Waals surface area (Å²) in [6, 6.07) is 13.4. The zero-order chi connectivity index (χ0) is 48.1. The lowest BCUT2D eigenvalue weighted by atomic mass is 9.79. The summed E-state index contributed by atoms with van der Waals surface area (Å²) in [5.41, 5.74) is 9.88. The molecule has 4 N–H and O–H groups in total. The van der Waals surface area contributed by atoms with Crippen molar-refractivity contribution < 1.29 is 33.8 Å². The number of pyridine rings is 1. The minimum Gasteiger partial charge on any atom is -0.508 e. The molecule has 15 nitrogen and oxygen atoms in total. The number of phenols is 1. The van der Waals surface area contributed by atoms with Gasteiger partial charge >= 0.3 is 5.97 Å². The molecule has 7 heterocycles. The number of amides is 3. The summed E-state index contributed by atoms with van der Waals surface area (Å²) in [7, 11) is 1.69. The molecule has 15 heteroatoms. The zero-order valence-corrected chi connectivity index (χ0v) is 40.9. The molecule has 1 unspecified atom stereocenters. The molecule has 0 aliphatic carbocycles. The first-order chi connectivity index (χ1) is 32.6. The molecule has 0 radical (unpaired) electrons. The van der Waals surface area contributed by atoms with E-state index in [9.17, 15) is 24.3 Å². The molecule has 6 bridgehead atoms. The average Bonchev–Trinajstić information content (AvgIpc) is 4.05. The van der Waals surface area contributed by atoms with Crippen molar-refractivity contribution in [1.29, 1.82) is 0 Å². The minimum atomic E-state index is -1.03. The summed E-state index contributed by atoms with van der Waals surface area (Å²) in [6.45, 7) is 17.2. The molecule has 3 amide bonds. The first-order valence-corrected chi connectivity index (χ1v) is 24.8. The molecule has 1 spiro atoms. The number of phenolic OH excluding ortho intramolecular Hbond substituents is 1. The van der Waals surface area contributed by atoms with E-state index in [1.165, 1.54) is 5.01 Å². The lowest BCUT2D eigenvalue weighted by Gasteiger charge is -2.41. The van der Waals surface area contributed by atoms with Gasteiger partial charge in [-0.1, -0.05) is 39.8 Å². The predicted octanol–water partition coefficient (Wildman–Crippen LogP) is 5.76. The summed E-state index contributed by atoms with van der Waals surface area (Å²) in [6.07, 6.45) is 6.07. The monoisotopic (exact) mass is 931 g/mol. The maximum Gasteiger partial charge on any atom is 0.324 e. The van der Waals surface area contributed by atoms with Crippen molar-refractivity contribution in [3.63, 3.8) is 0 Å². The number of benzene rings is 2. The number of esters is 1.